The lowest BCUT2D eigenvalue weighted by Gasteiger charge is -2.23. The molecule has 5 nitrogen and oxygen atoms in total. The van der Waals surface area contributed by atoms with Gasteiger partial charge in [0.15, 0.2) is 5.96 Å². The van der Waals surface area contributed by atoms with Crippen LogP contribution in [-0.4, -0.2) is 55.7 Å². The summed E-state index contributed by atoms with van der Waals surface area (Å²) in [5.41, 5.74) is 0. The minimum Gasteiger partial charge on any atom is -0.386 e. The van der Waals surface area contributed by atoms with E-state index in [0.29, 0.717) is 12.6 Å². The first-order chi connectivity index (χ1) is 12.6. The molecule has 2 unspecified atom stereocenters. The van der Waals surface area contributed by atoms with E-state index in [9.17, 15) is 5.11 Å². The fourth-order valence-corrected chi connectivity index (χ4v) is 4.25. The molecule has 1 heterocycles. The Bertz CT molecular complexity index is 709. The highest BCUT2D eigenvalue weighted by atomic mass is 127. The quantitative estimate of drug-likeness (QED) is 0.294. The summed E-state index contributed by atoms with van der Waals surface area (Å²) in [6.45, 7) is 4.10. The van der Waals surface area contributed by atoms with Crippen LogP contribution in [0.5, 0.6) is 0 Å². The van der Waals surface area contributed by atoms with Crippen LogP contribution in [0.4, 0.5) is 0 Å². The van der Waals surface area contributed by atoms with E-state index in [1.54, 1.807) is 11.3 Å². The Morgan fingerprint density at radius 3 is 2.67 bits per heavy atom. The Morgan fingerprint density at radius 2 is 2.04 bits per heavy atom. The van der Waals surface area contributed by atoms with Crippen molar-refractivity contribution in [3.05, 3.63) is 35.2 Å². The minimum absolute atomic E-state index is 0. The average Bonchev–Trinajstić information content (AvgIpc) is 3.36. The van der Waals surface area contributed by atoms with E-state index in [0.717, 1.165) is 29.8 Å². The number of hydrogen-bond acceptors (Lipinski definition) is 4. The molecule has 27 heavy (non-hydrogen) atoms. The Morgan fingerprint density at radius 1 is 1.30 bits per heavy atom. The third-order valence-electron chi connectivity index (χ3n) is 4.85. The van der Waals surface area contributed by atoms with Crippen molar-refractivity contribution in [2.75, 3.05) is 33.7 Å². The minimum atomic E-state index is -0.538. The van der Waals surface area contributed by atoms with Crippen molar-refractivity contribution in [3.8, 4) is 0 Å². The molecule has 0 aliphatic heterocycles. The molecule has 0 amide bonds. The van der Waals surface area contributed by atoms with Crippen LogP contribution in [0.2, 0.25) is 0 Å². The summed E-state index contributed by atoms with van der Waals surface area (Å²) in [6, 6.07) is 10.8. The third kappa shape index (κ3) is 6.30. The molecule has 1 aromatic heterocycles. The number of aliphatic imine (C=N–C) groups is 1. The molecular formula is C20H31IN4OS. The number of hydrogen-bond donors (Lipinski definition) is 3. The molecule has 1 aromatic carbocycles. The lowest BCUT2D eigenvalue weighted by Crippen LogP contribution is -2.41. The van der Waals surface area contributed by atoms with Gasteiger partial charge in [0, 0.05) is 28.7 Å². The summed E-state index contributed by atoms with van der Waals surface area (Å²) in [6.07, 6.45) is 2.09. The van der Waals surface area contributed by atoms with E-state index < -0.39 is 6.10 Å². The normalized spacial score (nSPS) is 16.9. The first kappa shape index (κ1) is 22.4. The highest BCUT2D eigenvalue weighted by Crippen LogP contribution is 2.34. The maximum atomic E-state index is 10.6. The zero-order valence-corrected chi connectivity index (χ0v) is 19.5. The van der Waals surface area contributed by atoms with Gasteiger partial charge in [0.2, 0.25) is 0 Å². The average molecular weight is 502 g/mol. The molecule has 0 saturated heterocycles. The van der Waals surface area contributed by atoms with Gasteiger partial charge in [-0.2, -0.15) is 0 Å². The molecule has 7 heteroatoms. The van der Waals surface area contributed by atoms with Gasteiger partial charge in [-0.1, -0.05) is 18.2 Å². The molecule has 1 aliphatic carbocycles. The van der Waals surface area contributed by atoms with Crippen LogP contribution in [-0.2, 0) is 0 Å². The lowest BCUT2D eigenvalue weighted by atomic mass is 10.2. The van der Waals surface area contributed by atoms with Crippen molar-refractivity contribution < 1.29 is 5.11 Å². The summed E-state index contributed by atoms with van der Waals surface area (Å²) in [4.78, 5) is 8.01. The predicted octanol–water partition coefficient (Wildman–Crippen LogP) is 3.45. The number of nitrogens with zero attached hydrogens (tertiary/aromatic N) is 2. The SMILES string of the molecule is CCNC(=NCC(C1CC1)N(C)C)NCC(O)c1cc2ccccc2s1.I. The summed E-state index contributed by atoms with van der Waals surface area (Å²) < 4.78 is 1.21. The molecule has 3 N–H and O–H groups in total. The zero-order chi connectivity index (χ0) is 18.5. The van der Waals surface area contributed by atoms with Gasteiger partial charge < -0.3 is 20.6 Å². The number of rotatable bonds is 8. The number of thiophene rings is 1. The number of nitrogens with one attached hydrogen (secondary N) is 2. The highest BCUT2D eigenvalue weighted by molar-refractivity contribution is 14.0. The number of fused-ring (bicyclic) bond motifs is 1. The number of benzene rings is 1. The van der Waals surface area contributed by atoms with E-state index in [2.05, 4.69) is 54.8 Å². The van der Waals surface area contributed by atoms with Crippen LogP contribution < -0.4 is 10.6 Å². The van der Waals surface area contributed by atoms with Crippen LogP contribution in [0.25, 0.3) is 10.1 Å². The van der Waals surface area contributed by atoms with Crippen molar-refractivity contribution in [2.45, 2.75) is 31.9 Å². The van der Waals surface area contributed by atoms with Gasteiger partial charge in [-0.15, -0.1) is 35.3 Å². The Balaban J connectivity index is 0.00000261. The predicted molar refractivity (Wildman–Crippen MR) is 126 cm³/mol. The molecule has 150 valence electrons. The second-order valence-corrected chi connectivity index (χ2v) is 8.29. The monoisotopic (exact) mass is 502 g/mol. The van der Waals surface area contributed by atoms with Gasteiger partial charge in [0.05, 0.1) is 6.54 Å². The Kier molecular flexibility index (Phi) is 8.78. The fourth-order valence-electron chi connectivity index (χ4n) is 3.20. The number of halogens is 1. The maximum Gasteiger partial charge on any atom is 0.191 e. The molecule has 1 aliphatic rings. The fraction of sp³-hybridized carbons (Fsp3) is 0.550. The van der Waals surface area contributed by atoms with Crippen molar-refractivity contribution in [1.82, 2.24) is 15.5 Å². The van der Waals surface area contributed by atoms with E-state index in [-0.39, 0.29) is 24.0 Å². The first-order valence-corrected chi connectivity index (χ1v) is 10.2. The molecule has 2 atom stereocenters. The Labute approximate surface area is 183 Å². The van der Waals surface area contributed by atoms with Gasteiger partial charge in [-0.05, 0) is 57.3 Å². The van der Waals surface area contributed by atoms with Crippen LogP contribution >= 0.6 is 35.3 Å². The van der Waals surface area contributed by atoms with Crippen molar-refractivity contribution in [1.29, 1.82) is 0 Å². The van der Waals surface area contributed by atoms with Gasteiger partial charge in [-0.3, -0.25) is 4.99 Å². The Hall–Kier alpha value is -0.900. The van der Waals surface area contributed by atoms with E-state index in [4.69, 9.17) is 4.99 Å². The van der Waals surface area contributed by atoms with E-state index >= 15 is 0 Å². The van der Waals surface area contributed by atoms with Crippen molar-refractivity contribution >= 4 is 51.4 Å². The first-order valence-electron chi connectivity index (χ1n) is 9.43. The zero-order valence-electron chi connectivity index (χ0n) is 16.3. The molecular weight excluding hydrogens is 471 g/mol. The number of guanidine groups is 1. The van der Waals surface area contributed by atoms with Gasteiger partial charge in [-0.25, -0.2) is 0 Å². The van der Waals surface area contributed by atoms with Crippen LogP contribution in [0.15, 0.2) is 35.3 Å². The number of aliphatic hydroxyl groups is 1. The molecule has 1 fully saturated rings. The number of aliphatic hydroxyl groups excluding tert-OH is 1. The second kappa shape index (κ2) is 10.6. The van der Waals surface area contributed by atoms with Crippen LogP contribution in [0.1, 0.15) is 30.7 Å². The number of likely N-dealkylation sites (N-methyl/N-ethyl adjacent to an activating group) is 1. The lowest BCUT2D eigenvalue weighted by molar-refractivity contribution is 0.184. The van der Waals surface area contributed by atoms with Crippen LogP contribution in [0, 0.1) is 5.92 Å². The molecule has 3 rings (SSSR count). The standard InChI is InChI=1S/C20H30N4OS.HI/c1-4-21-20(22-12-16(24(2)3)14-9-10-14)23-13-17(25)19-11-15-7-5-6-8-18(15)26-19;/h5-8,11,14,16-17,25H,4,9-10,12-13H2,1-3H3,(H2,21,22,23);1H. The van der Waals surface area contributed by atoms with E-state index in [1.165, 1.54) is 22.9 Å². The molecule has 0 radical (unpaired) electrons. The highest BCUT2D eigenvalue weighted by Gasteiger charge is 2.32. The van der Waals surface area contributed by atoms with Gasteiger partial charge in [0.25, 0.3) is 0 Å². The summed E-state index contributed by atoms with van der Waals surface area (Å²) >= 11 is 1.65. The molecule has 2 aromatic rings. The smallest absolute Gasteiger partial charge is 0.191 e. The maximum absolute atomic E-state index is 10.6. The topological polar surface area (TPSA) is 59.9 Å². The van der Waals surface area contributed by atoms with E-state index in [1.807, 2.05) is 12.1 Å². The molecule has 0 spiro atoms. The third-order valence-corrected chi connectivity index (χ3v) is 6.06. The summed E-state index contributed by atoms with van der Waals surface area (Å²) in [7, 11) is 4.26. The van der Waals surface area contributed by atoms with Crippen molar-refractivity contribution in [2.24, 2.45) is 10.9 Å². The second-order valence-electron chi connectivity index (χ2n) is 7.17. The van der Waals surface area contributed by atoms with Gasteiger partial charge in [0.1, 0.15) is 6.10 Å². The largest absolute Gasteiger partial charge is 0.386 e. The molecule has 1 saturated carbocycles. The van der Waals surface area contributed by atoms with Crippen LogP contribution in [0.3, 0.4) is 0 Å². The van der Waals surface area contributed by atoms with Crippen molar-refractivity contribution in [3.63, 3.8) is 0 Å². The summed E-state index contributed by atoms with van der Waals surface area (Å²) in [5, 5.41) is 18.3. The molecule has 0 bridgehead atoms. The van der Waals surface area contributed by atoms with Gasteiger partial charge >= 0.3 is 0 Å². The summed E-state index contributed by atoms with van der Waals surface area (Å²) in [5.74, 6) is 1.56.